The van der Waals surface area contributed by atoms with Gasteiger partial charge in [0.05, 0.1) is 6.61 Å². The van der Waals surface area contributed by atoms with Crippen molar-refractivity contribution in [1.82, 2.24) is 15.5 Å². The van der Waals surface area contributed by atoms with E-state index in [0.29, 0.717) is 0 Å². The molecule has 2 rings (SSSR count). The van der Waals surface area contributed by atoms with E-state index in [4.69, 9.17) is 4.74 Å². The molecule has 9 heteroatoms. The number of phenolic OH excluding ortho intramolecular Hbond substituents is 1. The minimum absolute atomic E-state index is 0.00180. The number of para-hydroxylation sites is 1. The Bertz CT molecular complexity index is 817. The lowest BCUT2D eigenvalue weighted by atomic mass is 9.94. The van der Waals surface area contributed by atoms with Crippen LogP contribution in [0.5, 0.6) is 5.75 Å². The normalized spacial score (nSPS) is 16.4. The van der Waals surface area contributed by atoms with Crippen molar-refractivity contribution >= 4 is 17.9 Å². The molecule has 4 N–H and O–H groups in total. The predicted molar refractivity (Wildman–Crippen MR) is 123 cm³/mol. The van der Waals surface area contributed by atoms with Gasteiger partial charge in [0.25, 0.3) is 0 Å². The van der Waals surface area contributed by atoms with E-state index in [1.54, 1.807) is 45.9 Å². The minimum Gasteiger partial charge on any atom is -0.508 e. The molecule has 0 radical (unpaired) electrons. The second kappa shape index (κ2) is 11.9. The summed E-state index contributed by atoms with van der Waals surface area (Å²) in [6, 6.07) is 3.92. The molecular weight excluding hydrogens is 426 g/mol. The standard InChI is InChI=1S/C24H37N3O6/c1-5-27(22(31)18(15-28)26-23(32)33-24(2,3)4)20(17-13-9-10-14-19(17)29)21(30)25-16-11-7-6-8-12-16/h9-10,13-14,16,18,20,28-29H,5-8,11-12,15H2,1-4H3,(H,25,30)(H,26,32). The molecule has 2 unspecified atom stereocenters. The average molecular weight is 464 g/mol. The zero-order valence-electron chi connectivity index (χ0n) is 20.0. The third-order valence-corrected chi connectivity index (χ3v) is 5.54. The number of nitrogens with one attached hydrogen (secondary N) is 2. The highest BCUT2D eigenvalue weighted by Gasteiger charge is 2.37. The van der Waals surface area contributed by atoms with E-state index in [2.05, 4.69) is 10.6 Å². The topological polar surface area (TPSA) is 128 Å². The van der Waals surface area contributed by atoms with E-state index < -0.39 is 42.2 Å². The lowest BCUT2D eigenvalue weighted by molar-refractivity contribution is -0.143. The molecule has 3 amide bonds. The number of alkyl carbamates (subject to hydrolysis) is 1. The Balaban J connectivity index is 2.31. The number of likely N-dealkylation sites (N-methyl/N-ethyl adjacent to an activating group) is 1. The number of hydrogen-bond donors (Lipinski definition) is 4. The number of amides is 3. The summed E-state index contributed by atoms with van der Waals surface area (Å²) in [5.41, 5.74) is -0.509. The molecule has 1 aliphatic carbocycles. The number of hydrogen-bond acceptors (Lipinski definition) is 6. The summed E-state index contributed by atoms with van der Waals surface area (Å²) in [4.78, 5) is 40.2. The molecule has 0 heterocycles. The molecule has 0 saturated heterocycles. The van der Waals surface area contributed by atoms with Gasteiger partial charge in [-0.25, -0.2) is 4.79 Å². The molecule has 1 saturated carbocycles. The summed E-state index contributed by atoms with van der Waals surface area (Å²) < 4.78 is 5.19. The van der Waals surface area contributed by atoms with E-state index in [-0.39, 0.29) is 23.9 Å². The molecule has 0 spiro atoms. The second-order valence-corrected chi connectivity index (χ2v) is 9.31. The Morgan fingerprint density at radius 1 is 1.15 bits per heavy atom. The summed E-state index contributed by atoms with van der Waals surface area (Å²) in [5, 5.41) is 25.7. The van der Waals surface area contributed by atoms with Crippen LogP contribution in [0, 0.1) is 0 Å². The van der Waals surface area contributed by atoms with Crippen LogP contribution in [0.15, 0.2) is 24.3 Å². The molecule has 1 aliphatic rings. The van der Waals surface area contributed by atoms with Crippen molar-refractivity contribution in [1.29, 1.82) is 0 Å². The van der Waals surface area contributed by atoms with Gasteiger partial charge < -0.3 is 30.5 Å². The van der Waals surface area contributed by atoms with Gasteiger partial charge in [-0.2, -0.15) is 0 Å². The number of phenols is 1. The van der Waals surface area contributed by atoms with Crippen LogP contribution < -0.4 is 10.6 Å². The highest BCUT2D eigenvalue weighted by atomic mass is 16.6. The first-order chi connectivity index (χ1) is 15.6. The van der Waals surface area contributed by atoms with Crippen LogP contribution in [0.4, 0.5) is 4.79 Å². The van der Waals surface area contributed by atoms with Crippen LogP contribution in [-0.4, -0.2) is 63.9 Å². The first kappa shape index (κ1) is 26.4. The third kappa shape index (κ3) is 7.63. The Morgan fingerprint density at radius 3 is 2.33 bits per heavy atom. The highest BCUT2D eigenvalue weighted by molar-refractivity contribution is 5.92. The maximum absolute atomic E-state index is 13.4. The van der Waals surface area contributed by atoms with Crippen LogP contribution in [0.1, 0.15) is 71.4 Å². The number of nitrogens with zero attached hydrogens (tertiary/aromatic N) is 1. The van der Waals surface area contributed by atoms with Crippen LogP contribution in [0.25, 0.3) is 0 Å². The average Bonchev–Trinajstić information content (AvgIpc) is 2.75. The zero-order valence-corrected chi connectivity index (χ0v) is 20.0. The monoisotopic (exact) mass is 463 g/mol. The molecule has 184 valence electrons. The van der Waals surface area contributed by atoms with Crippen LogP contribution in [0.3, 0.4) is 0 Å². The molecule has 33 heavy (non-hydrogen) atoms. The van der Waals surface area contributed by atoms with Crippen molar-refractivity contribution in [3.8, 4) is 5.75 Å². The SMILES string of the molecule is CCN(C(=O)C(CO)NC(=O)OC(C)(C)C)C(C(=O)NC1CCCCC1)c1ccccc1O. The van der Waals surface area contributed by atoms with E-state index in [0.717, 1.165) is 32.1 Å². The molecule has 0 bridgehead atoms. The van der Waals surface area contributed by atoms with Gasteiger partial charge >= 0.3 is 6.09 Å². The zero-order chi connectivity index (χ0) is 24.6. The van der Waals surface area contributed by atoms with Crippen molar-refractivity contribution in [3.05, 3.63) is 29.8 Å². The van der Waals surface area contributed by atoms with Crippen molar-refractivity contribution in [2.24, 2.45) is 0 Å². The first-order valence-electron chi connectivity index (χ1n) is 11.6. The Hall–Kier alpha value is -2.81. The molecule has 2 atom stereocenters. The number of ether oxygens (including phenoxy) is 1. The van der Waals surface area contributed by atoms with Crippen LogP contribution in [0.2, 0.25) is 0 Å². The molecule has 0 aromatic heterocycles. The first-order valence-corrected chi connectivity index (χ1v) is 11.6. The van der Waals surface area contributed by atoms with Gasteiger partial charge in [-0.05, 0) is 46.6 Å². The summed E-state index contributed by atoms with van der Waals surface area (Å²) >= 11 is 0. The van der Waals surface area contributed by atoms with Crippen LogP contribution >= 0.6 is 0 Å². The van der Waals surface area contributed by atoms with E-state index in [1.807, 2.05) is 0 Å². The van der Waals surface area contributed by atoms with Gasteiger partial charge in [-0.3, -0.25) is 9.59 Å². The van der Waals surface area contributed by atoms with E-state index in [1.165, 1.54) is 11.0 Å². The summed E-state index contributed by atoms with van der Waals surface area (Å²) in [6.45, 7) is 6.19. The molecular formula is C24H37N3O6. The van der Waals surface area contributed by atoms with Crippen LogP contribution in [-0.2, 0) is 14.3 Å². The van der Waals surface area contributed by atoms with Gasteiger partial charge in [-0.15, -0.1) is 0 Å². The van der Waals surface area contributed by atoms with Crippen molar-refractivity contribution < 1.29 is 29.3 Å². The number of aromatic hydroxyl groups is 1. The lowest BCUT2D eigenvalue weighted by Gasteiger charge is -2.34. The second-order valence-electron chi connectivity index (χ2n) is 9.31. The minimum atomic E-state index is -1.31. The summed E-state index contributed by atoms with van der Waals surface area (Å²) in [5.74, 6) is -1.18. The number of carbonyl (C=O) groups excluding carboxylic acids is 3. The van der Waals surface area contributed by atoms with Crippen molar-refractivity contribution in [3.63, 3.8) is 0 Å². The molecule has 1 fully saturated rings. The van der Waals surface area contributed by atoms with Gasteiger partial charge in [0, 0.05) is 18.2 Å². The Morgan fingerprint density at radius 2 is 1.79 bits per heavy atom. The quantitative estimate of drug-likeness (QED) is 0.469. The van der Waals surface area contributed by atoms with Crippen molar-refractivity contribution in [2.75, 3.05) is 13.2 Å². The number of benzene rings is 1. The lowest BCUT2D eigenvalue weighted by Crippen LogP contribution is -2.55. The number of aliphatic hydroxyl groups excluding tert-OH is 1. The van der Waals surface area contributed by atoms with E-state index in [9.17, 15) is 24.6 Å². The molecule has 9 nitrogen and oxygen atoms in total. The third-order valence-electron chi connectivity index (χ3n) is 5.54. The number of aliphatic hydroxyl groups is 1. The fourth-order valence-electron chi connectivity index (χ4n) is 4.00. The van der Waals surface area contributed by atoms with Gasteiger partial charge in [-0.1, -0.05) is 37.5 Å². The Labute approximate surface area is 195 Å². The largest absolute Gasteiger partial charge is 0.508 e. The van der Waals surface area contributed by atoms with Crippen molar-refractivity contribution in [2.45, 2.75) is 83.5 Å². The fraction of sp³-hybridized carbons (Fsp3) is 0.625. The maximum Gasteiger partial charge on any atom is 0.408 e. The smallest absolute Gasteiger partial charge is 0.408 e. The maximum atomic E-state index is 13.4. The summed E-state index contributed by atoms with van der Waals surface area (Å²) in [6.07, 6.45) is 4.04. The molecule has 1 aromatic carbocycles. The Kier molecular flexibility index (Phi) is 9.52. The number of rotatable bonds is 8. The number of carbonyl (C=O) groups is 3. The molecule has 0 aliphatic heterocycles. The van der Waals surface area contributed by atoms with Gasteiger partial charge in [0.1, 0.15) is 23.4 Å². The van der Waals surface area contributed by atoms with E-state index >= 15 is 0 Å². The highest BCUT2D eigenvalue weighted by Crippen LogP contribution is 2.30. The van der Waals surface area contributed by atoms with Gasteiger partial charge in [0.2, 0.25) is 11.8 Å². The summed E-state index contributed by atoms with van der Waals surface area (Å²) in [7, 11) is 0. The van der Waals surface area contributed by atoms with Gasteiger partial charge in [0.15, 0.2) is 0 Å². The predicted octanol–water partition coefficient (Wildman–Crippen LogP) is 2.62. The molecule has 1 aromatic rings. The fourth-order valence-corrected chi connectivity index (χ4v) is 4.00.